The zero-order chi connectivity index (χ0) is 15.2. The lowest BCUT2D eigenvalue weighted by Crippen LogP contribution is -2.26. The predicted molar refractivity (Wildman–Crippen MR) is 88.1 cm³/mol. The molecule has 112 valence electrons. The number of anilines is 1. The van der Waals surface area contributed by atoms with Crippen LogP contribution in [0.2, 0.25) is 4.34 Å². The Hall–Kier alpha value is -1.59. The van der Waals surface area contributed by atoms with Crippen molar-refractivity contribution in [1.29, 1.82) is 0 Å². The van der Waals surface area contributed by atoms with E-state index < -0.39 is 0 Å². The Balaban J connectivity index is 2.04. The first kappa shape index (κ1) is 15.8. The molecule has 0 saturated heterocycles. The first-order valence-electron chi connectivity index (χ1n) is 6.79. The number of rotatable bonds is 6. The van der Waals surface area contributed by atoms with Gasteiger partial charge in [-0.3, -0.25) is 9.78 Å². The van der Waals surface area contributed by atoms with Crippen LogP contribution in [-0.4, -0.2) is 29.4 Å². The van der Waals surface area contributed by atoms with Crippen LogP contribution in [0, 0.1) is 0 Å². The van der Waals surface area contributed by atoms with Crippen molar-refractivity contribution >= 4 is 34.5 Å². The standard InChI is InChI=1S/C15H18ClN3OS/c1-3-7-17-11-6-8-18-13(9-11)15(20)19(2)10-12-4-5-14(16)21-12/h4-6,8-9H,3,7,10H2,1-2H3,(H,17,18). The van der Waals surface area contributed by atoms with E-state index in [9.17, 15) is 4.79 Å². The van der Waals surface area contributed by atoms with E-state index in [-0.39, 0.29) is 5.91 Å². The molecule has 0 unspecified atom stereocenters. The molecule has 6 heteroatoms. The quantitative estimate of drug-likeness (QED) is 0.877. The van der Waals surface area contributed by atoms with E-state index in [1.54, 1.807) is 24.2 Å². The molecule has 0 aliphatic heterocycles. The van der Waals surface area contributed by atoms with Gasteiger partial charge in [0.1, 0.15) is 5.69 Å². The average molecular weight is 324 g/mol. The van der Waals surface area contributed by atoms with Crippen LogP contribution >= 0.6 is 22.9 Å². The van der Waals surface area contributed by atoms with Gasteiger partial charge in [0, 0.05) is 30.4 Å². The van der Waals surface area contributed by atoms with Gasteiger partial charge in [-0.25, -0.2) is 0 Å². The zero-order valence-electron chi connectivity index (χ0n) is 12.1. The van der Waals surface area contributed by atoms with Gasteiger partial charge < -0.3 is 10.2 Å². The molecule has 0 aliphatic rings. The van der Waals surface area contributed by atoms with E-state index in [2.05, 4.69) is 17.2 Å². The molecule has 4 nitrogen and oxygen atoms in total. The van der Waals surface area contributed by atoms with E-state index >= 15 is 0 Å². The summed E-state index contributed by atoms with van der Waals surface area (Å²) in [6.45, 7) is 3.51. The van der Waals surface area contributed by atoms with Gasteiger partial charge in [0.25, 0.3) is 5.91 Å². The van der Waals surface area contributed by atoms with Gasteiger partial charge in [-0.1, -0.05) is 18.5 Å². The summed E-state index contributed by atoms with van der Waals surface area (Å²) < 4.78 is 0.731. The SMILES string of the molecule is CCCNc1ccnc(C(=O)N(C)Cc2ccc(Cl)s2)c1. The van der Waals surface area contributed by atoms with Crippen molar-refractivity contribution in [3.63, 3.8) is 0 Å². The van der Waals surface area contributed by atoms with E-state index in [1.807, 2.05) is 18.2 Å². The molecule has 0 aliphatic carbocycles. The van der Waals surface area contributed by atoms with E-state index in [4.69, 9.17) is 11.6 Å². The summed E-state index contributed by atoms with van der Waals surface area (Å²) in [5, 5.41) is 3.26. The van der Waals surface area contributed by atoms with E-state index in [0.29, 0.717) is 12.2 Å². The summed E-state index contributed by atoms with van der Waals surface area (Å²) in [6.07, 6.45) is 2.69. The smallest absolute Gasteiger partial charge is 0.272 e. The largest absolute Gasteiger partial charge is 0.385 e. The normalized spacial score (nSPS) is 10.4. The fourth-order valence-corrected chi connectivity index (χ4v) is 3.01. The highest BCUT2D eigenvalue weighted by molar-refractivity contribution is 7.16. The Kier molecular flexibility index (Phi) is 5.59. The van der Waals surface area contributed by atoms with Gasteiger partial charge in [0.15, 0.2) is 0 Å². The van der Waals surface area contributed by atoms with Crippen LogP contribution < -0.4 is 5.32 Å². The van der Waals surface area contributed by atoms with Crippen molar-refractivity contribution < 1.29 is 4.79 Å². The Morgan fingerprint density at radius 2 is 2.24 bits per heavy atom. The Labute approximate surface area is 133 Å². The van der Waals surface area contributed by atoms with Gasteiger partial charge in [-0.15, -0.1) is 11.3 Å². The van der Waals surface area contributed by atoms with Gasteiger partial charge in [-0.05, 0) is 30.7 Å². The molecule has 2 aromatic heterocycles. The average Bonchev–Trinajstić information content (AvgIpc) is 2.89. The Bertz CT molecular complexity index is 614. The minimum Gasteiger partial charge on any atom is -0.385 e. The Morgan fingerprint density at radius 1 is 1.43 bits per heavy atom. The minimum absolute atomic E-state index is 0.0975. The van der Waals surface area contributed by atoms with Gasteiger partial charge in [-0.2, -0.15) is 0 Å². The molecule has 21 heavy (non-hydrogen) atoms. The van der Waals surface area contributed by atoms with Crippen LogP contribution in [-0.2, 0) is 6.54 Å². The maximum Gasteiger partial charge on any atom is 0.272 e. The summed E-state index contributed by atoms with van der Waals surface area (Å²) in [4.78, 5) is 19.2. The van der Waals surface area contributed by atoms with Gasteiger partial charge in [0.2, 0.25) is 0 Å². The molecule has 2 heterocycles. The number of hydrogen-bond donors (Lipinski definition) is 1. The lowest BCUT2D eigenvalue weighted by atomic mass is 10.2. The lowest BCUT2D eigenvalue weighted by Gasteiger charge is -2.16. The van der Waals surface area contributed by atoms with Crippen molar-refractivity contribution in [3.05, 3.63) is 45.4 Å². The predicted octanol–water partition coefficient (Wildman–Crippen LogP) is 3.89. The van der Waals surface area contributed by atoms with Crippen molar-refractivity contribution in [2.75, 3.05) is 18.9 Å². The van der Waals surface area contributed by atoms with Gasteiger partial charge >= 0.3 is 0 Å². The molecule has 1 N–H and O–H groups in total. The number of carbonyl (C=O) groups is 1. The van der Waals surface area contributed by atoms with Crippen molar-refractivity contribution in [2.45, 2.75) is 19.9 Å². The number of hydrogen-bond acceptors (Lipinski definition) is 4. The summed E-state index contributed by atoms with van der Waals surface area (Å²) >= 11 is 7.39. The highest BCUT2D eigenvalue weighted by Gasteiger charge is 2.14. The van der Waals surface area contributed by atoms with Crippen LogP contribution in [0.5, 0.6) is 0 Å². The third-order valence-electron chi connectivity index (χ3n) is 2.93. The lowest BCUT2D eigenvalue weighted by molar-refractivity contribution is 0.0780. The summed E-state index contributed by atoms with van der Waals surface area (Å²) in [6, 6.07) is 7.43. The summed E-state index contributed by atoms with van der Waals surface area (Å²) in [5.41, 5.74) is 1.36. The van der Waals surface area contributed by atoms with Gasteiger partial charge in [0.05, 0.1) is 10.9 Å². The molecular formula is C15H18ClN3OS. The molecule has 0 bridgehead atoms. The summed E-state index contributed by atoms with van der Waals surface area (Å²) in [7, 11) is 1.77. The third kappa shape index (κ3) is 4.44. The summed E-state index contributed by atoms with van der Waals surface area (Å²) in [5.74, 6) is -0.0975. The van der Waals surface area contributed by atoms with Crippen molar-refractivity contribution in [3.8, 4) is 0 Å². The van der Waals surface area contributed by atoms with Crippen LogP contribution in [0.4, 0.5) is 5.69 Å². The molecule has 2 rings (SSSR count). The van der Waals surface area contributed by atoms with E-state index in [0.717, 1.165) is 27.9 Å². The molecule has 0 spiro atoms. The molecule has 0 aromatic carbocycles. The number of pyridine rings is 1. The van der Waals surface area contributed by atoms with Crippen LogP contribution in [0.3, 0.4) is 0 Å². The fourth-order valence-electron chi connectivity index (χ4n) is 1.86. The van der Waals surface area contributed by atoms with Crippen LogP contribution in [0.25, 0.3) is 0 Å². The highest BCUT2D eigenvalue weighted by atomic mass is 35.5. The number of thiophene rings is 1. The molecule has 0 saturated carbocycles. The molecular weight excluding hydrogens is 306 g/mol. The van der Waals surface area contributed by atoms with Crippen molar-refractivity contribution in [1.82, 2.24) is 9.88 Å². The number of carbonyl (C=O) groups excluding carboxylic acids is 1. The molecule has 0 atom stereocenters. The molecule has 2 aromatic rings. The second-order valence-corrected chi connectivity index (χ2v) is 6.52. The second kappa shape index (κ2) is 7.43. The monoisotopic (exact) mass is 323 g/mol. The number of aromatic nitrogens is 1. The highest BCUT2D eigenvalue weighted by Crippen LogP contribution is 2.22. The number of halogens is 1. The maximum absolute atomic E-state index is 12.4. The second-order valence-electron chi connectivity index (χ2n) is 4.72. The number of amides is 1. The van der Waals surface area contributed by atoms with Crippen LogP contribution in [0.15, 0.2) is 30.5 Å². The topological polar surface area (TPSA) is 45.2 Å². The zero-order valence-corrected chi connectivity index (χ0v) is 13.7. The first-order chi connectivity index (χ1) is 10.1. The minimum atomic E-state index is -0.0975. The third-order valence-corrected chi connectivity index (χ3v) is 4.14. The number of nitrogens with one attached hydrogen (secondary N) is 1. The Morgan fingerprint density at radius 3 is 2.90 bits per heavy atom. The molecule has 0 fully saturated rings. The maximum atomic E-state index is 12.4. The molecule has 0 radical (unpaired) electrons. The van der Waals surface area contributed by atoms with Crippen LogP contribution in [0.1, 0.15) is 28.7 Å². The number of nitrogens with zero attached hydrogens (tertiary/aromatic N) is 2. The first-order valence-corrected chi connectivity index (χ1v) is 7.99. The van der Waals surface area contributed by atoms with Crippen molar-refractivity contribution in [2.24, 2.45) is 0 Å². The molecule has 1 amide bonds. The van der Waals surface area contributed by atoms with E-state index in [1.165, 1.54) is 11.3 Å². The fraction of sp³-hybridized carbons (Fsp3) is 0.333.